The molecule has 42 heavy (non-hydrogen) atoms. The third-order valence-electron chi connectivity index (χ3n) is 6.21. The summed E-state index contributed by atoms with van der Waals surface area (Å²) in [6.07, 6.45) is 1.64. The zero-order chi connectivity index (χ0) is 30.6. The largest absolute Gasteiger partial charge is 0.493 e. The molecule has 2 heterocycles. The minimum atomic E-state index is -0.813. The molecule has 0 spiro atoms. The van der Waals surface area contributed by atoms with Crippen molar-refractivity contribution in [3.05, 3.63) is 76.9 Å². The molecular weight excluding hydrogens is 626 g/mol. The molecule has 1 aliphatic rings. The predicted molar refractivity (Wildman–Crippen MR) is 161 cm³/mol. The molecule has 0 saturated heterocycles. The average molecular weight is 657 g/mol. The van der Waals surface area contributed by atoms with E-state index in [1.807, 2.05) is 26.0 Å². The molecule has 3 aromatic rings. The fourth-order valence-electron chi connectivity index (χ4n) is 4.53. The molecule has 220 valence electrons. The molecule has 0 saturated carbocycles. The Kier molecular flexibility index (Phi) is 9.75. The maximum atomic E-state index is 14.0. The van der Waals surface area contributed by atoms with Crippen LogP contribution in [0.2, 0.25) is 0 Å². The summed E-state index contributed by atoms with van der Waals surface area (Å²) < 4.78 is 30.3. The minimum absolute atomic E-state index is 0.0784. The van der Waals surface area contributed by atoms with E-state index in [0.29, 0.717) is 53.6 Å². The number of ether oxygens (including phenoxy) is 5. The van der Waals surface area contributed by atoms with E-state index in [-0.39, 0.29) is 30.5 Å². The summed E-state index contributed by atoms with van der Waals surface area (Å²) >= 11 is 4.67. The van der Waals surface area contributed by atoms with Crippen molar-refractivity contribution in [3.8, 4) is 29.1 Å². The number of rotatable bonds is 10. The molecule has 0 amide bonds. The first-order chi connectivity index (χ1) is 20.1. The highest BCUT2D eigenvalue weighted by atomic mass is 79.9. The monoisotopic (exact) mass is 655 g/mol. The third-order valence-corrected chi connectivity index (χ3v) is 7.79. The van der Waals surface area contributed by atoms with Crippen molar-refractivity contribution in [2.24, 2.45) is 4.99 Å². The molecule has 0 fully saturated rings. The molecule has 0 aliphatic carbocycles. The minimum Gasteiger partial charge on any atom is -0.493 e. The second kappa shape index (κ2) is 13.3. The van der Waals surface area contributed by atoms with Crippen LogP contribution in [0.15, 0.2) is 55.9 Å². The maximum absolute atomic E-state index is 14.0. The first kappa shape index (κ1) is 30.9. The van der Waals surface area contributed by atoms with Crippen LogP contribution in [0.1, 0.15) is 44.9 Å². The number of esters is 1. The van der Waals surface area contributed by atoms with Gasteiger partial charge in [-0.3, -0.25) is 9.36 Å². The number of hydrogen-bond donors (Lipinski definition) is 0. The lowest BCUT2D eigenvalue weighted by Gasteiger charge is -2.25. The van der Waals surface area contributed by atoms with Crippen LogP contribution in [0.3, 0.4) is 0 Å². The molecule has 2 aromatic carbocycles. The normalized spacial score (nSPS) is 14.6. The molecule has 0 N–H and O–H groups in total. The number of benzene rings is 2. The van der Waals surface area contributed by atoms with E-state index in [1.165, 1.54) is 30.1 Å². The van der Waals surface area contributed by atoms with Gasteiger partial charge in [0, 0.05) is 0 Å². The highest BCUT2D eigenvalue weighted by Crippen LogP contribution is 2.38. The van der Waals surface area contributed by atoms with Crippen molar-refractivity contribution in [1.29, 1.82) is 5.26 Å². The summed E-state index contributed by atoms with van der Waals surface area (Å²) in [7, 11) is 3.03. The Hall–Kier alpha value is -4.08. The smallest absolute Gasteiger partial charge is 0.338 e. The standard InChI is InChI=1S/C30H30BrN3O7S/c1-7-39-29(36)25-17(4)33-30-34(26(25)19-8-9-21(41-16(2)3)22(15-19)37-5)28(35)24(42-30)14-18-12-20(31)27(40-11-10-32)23(13-18)38-6/h8-9,12-16,26H,7,11H2,1-6H3/b24-14-/t26-/m0/s1. The van der Waals surface area contributed by atoms with Gasteiger partial charge in [-0.1, -0.05) is 17.4 Å². The van der Waals surface area contributed by atoms with Gasteiger partial charge < -0.3 is 23.7 Å². The fourth-order valence-corrected chi connectivity index (χ4v) is 6.15. The summed E-state index contributed by atoms with van der Waals surface area (Å²) in [6.45, 7) is 7.30. The van der Waals surface area contributed by atoms with Gasteiger partial charge >= 0.3 is 5.97 Å². The molecule has 12 heteroatoms. The quantitative estimate of drug-likeness (QED) is 0.297. The fraction of sp³-hybridized carbons (Fsp3) is 0.333. The van der Waals surface area contributed by atoms with Gasteiger partial charge in [-0.25, -0.2) is 9.79 Å². The zero-order valence-corrected chi connectivity index (χ0v) is 26.4. The SMILES string of the molecule is CCOC(=O)C1=C(C)N=c2s/c(=C\c3cc(Br)c(OCC#N)c(OC)c3)c(=O)n2[C@H]1c1ccc(OC(C)C)c(OC)c1. The Balaban J connectivity index is 1.92. The molecular formula is C30H30BrN3O7S. The number of fused-ring (bicyclic) bond motifs is 1. The number of hydrogen-bond acceptors (Lipinski definition) is 10. The summed E-state index contributed by atoms with van der Waals surface area (Å²) in [5.74, 6) is 1.24. The molecule has 1 aromatic heterocycles. The van der Waals surface area contributed by atoms with Gasteiger partial charge in [-0.2, -0.15) is 5.26 Å². The van der Waals surface area contributed by atoms with Crippen LogP contribution in [0, 0.1) is 11.3 Å². The number of nitrogens with zero attached hydrogens (tertiary/aromatic N) is 3. The average Bonchev–Trinajstić information content (AvgIpc) is 3.25. The van der Waals surface area contributed by atoms with Crippen molar-refractivity contribution in [2.45, 2.75) is 39.8 Å². The number of aromatic nitrogens is 1. The van der Waals surface area contributed by atoms with Crippen molar-refractivity contribution in [2.75, 3.05) is 27.4 Å². The van der Waals surface area contributed by atoms with E-state index >= 15 is 0 Å². The van der Waals surface area contributed by atoms with Crippen LogP contribution in [-0.4, -0.2) is 44.1 Å². The molecule has 1 atom stereocenters. The summed E-state index contributed by atoms with van der Waals surface area (Å²) in [4.78, 5) is 32.3. The van der Waals surface area contributed by atoms with Gasteiger partial charge in [-0.15, -0.1) is 0 Å². The first-order valence-electron chi connectivity index (χ1n) is 13.0. The number of allylic oxidation sites excluding steroid dienone is 1. The Morgan fingerprint density at radius 3 is 2.57 bits per heavy atom. The number of nitriles is 1. The number of thiazole rings is 1. The van der Waals surface area contributed by atoms with Crippen LogP contribution >= 0.6 is 27.3 Å². The maximum Gasteiger partial charge on any atom is 0.338 e. The van der Waals surface area contributed by atoms with Gasteiger partial charge in [0.15, 0.2) is 34.4 Å². The number of carbonyl (C=O) groups excluding carboxylic acids is 1. The second-order valence-electron chi connectivity index (χ2n) is 9.36. The lowest BCUT2D eigenvalue weighted by Crippen LogP contribution is -2.40. The Bertz CT molecular complexity index is 1770. The predicted octanol–water partition coefficient (Wildman–Crippen LogP) is 4.27. The van der Waals surface area contributed by atoms with E-state index < -0.39 is 12.0 Å². The van der Waals surface area contributed by atoms with Gasteiger partial charge in [0.1, 0.15) is 6.07 Å². The molecule has 10 nitrogen and oxygen atoms in total. The van der Waals surface area contributed by atoms with Crippen molar-refractivity contribution >= 4 is 39.3 Å². The van der Waals surface area contributed by atoms with E-state index in [9.17, 15) is 9.59 Å². The highest BCUT2D eigenvalue weighted by Gasteiger charge is 2.34. The van der Waals surface area contributed by atoms with Crippen LogP contribution in [0.4, 0.5) is 0 Å². The van der Waals surface area contributed by atoms with E-state index in [4.69, 9.17) is 28.9 Å². The van der Waals surface area contributed by atoms with Gasteiger partial charge in [0.05, 0.1) is 53.2 Å². The second-order valence-corrected chi connectivity index (χ2v) is 11.2. The molecule has 0 bridgehead atoms. The van der Waals surface area contributed by atoms with Gasteiger partial charge in [0.2, 0.25) is 0 Å². The molecule has 1 aliphatic heterocycles. The van der Waals surface area contributed by atoms with Gasteiger partial charge in [0.25, 0.3) is 5.56 Å². The van der Waals surface area contributed by atoms with Crippen molar-refractivity contribution in [1.82, 2.24) is 4.57 Å². The molecule has 0 radical (unpaired) electrons. The van der Waals surface area contributed by atoms with Crippen LogP contribution in [0.25, 0.3) is 6.08 Å². The van der Waals surface area contributed by atoms with E-state index in [1.54, 1.807) is 44.2 Å². The summed E-state index contributed by atoms with van der Waals surface area (Å²) in [5.41, 5.74) is 1.67. The first-order valence-corrected chi connectivity index (χ1v) is 14.7. The van der Waals surface area contributed by atoms with Crippen LogP contribution < -0.4 is 33.8 Å². The summed E-state index contributed by atoms with van der Waals surface area (Å²) in [6, 6.07) is 9.93. The van der Waals surface area contributed by atoms with E-state index in [2.05, 4.69) is 20.9 Å². The molecule has 4 rings (SSSR count). The zero-order valence-electron chi connectivity index (χ0n) is 24.0. The topological polar surface area (TPSA) is 121 Å². The van der Waals surface area contributed by atoms with Crippen LogP contribution in [-0.2, 0) is 9.53 Å². The third kappa shape index (κ3) is 6.22. The van der Waals surface area contributed by atoms with Crippen molar-refractivity contribution < 1.29 is 28.5 Å². The van der Waals surface area contributed by atoms with E-state index in [0.717, 1.165) is 0 Å². The van der Waals surface area contributed by atoms with Crippen LogP contribution in [0.5, 0.6) is 23.0 Å². The Morgan fingerprint density at radius 1 is 1.19 bits per heavy atom. The Labute approximate surface area is 255 Å². The number of carbonyl (C=O) groups is 1. The number of halogens is 1. The molecule has 0 unspecified atom stereocenters. The Morgan fingerprint density at radius 2 is 1.93 bits per heavy atom. The highest BCUT2D eigenvalue weighted by molar-refractivity contribution is 9.10. The lowest BCUT2D eigenvalue weighted by molar-refractivity contribution is -0.139. The van der Waals surface area contributed by atoms with Gasteiger partial charge in [-0.05, 0) is 85.1 Å². The number of methoxy groups -OCH3 is 2. The lowest BCUT2D eigenvalue weighted by atomic mass is 9.95. The van der Waals surface area contributed by atoms with Crippen molar-refractivity contribution in [3.63, 3.8) is 0 Å². The summed E-state index contributed by atoms with van der Waals surface area (Å²) in [5, 5.41) is 8.90.